The summed E-state index contributed by atoms with van der Waals surface area (Å²) in [7, 11) is 0. The third kappa shape index (κ3) is 7.77. The lowest BCUT2D eigenvalue weighted by Crippen LogP contribution is -2.54. The van der Waals surface area contributed by atoms with Gasteiger partial charge in [-0.05, 0) is 61.8 Å². The summed E-state index contributed by atoms with van der Waals surface area (Å²) in [5.74, 6) is -2.10. The number of pyridine rings is 1. The lowest BCUT2D eigenvalue weighted by atomic mass is 9.95. The number of nitrogens with zero attached hydrogens (tertiary/aromatic N) is 2. The van der Waals surface area contributed by atoms with E-state index < -0.39 is 24.0 Å². The molecule has 0 radical (unpaired) electrons. The molecule has 2 heterocycles. The van der Waals surface area contributed by atoms with Crippen molar-refractivity contribution >= 4 is 40.5 Å². The highest BCUT2D eigenvalue weighted by molar-refractivity contribution is 5.91. The predicted octanol–water partition coefficient (Wildman–Crippen LogP) is 3.94. The van der Waals surface area contributed by atoms with E-state index in [1.54, 1.807) is 37.9 Å². The van der Waals surface area contributed by atoms with E-state index in [0.29, 0.717) is 19.4 Å². The normalized spacial score (nSPS) is 17.4. The molecule has 3 rings (SSSR count). The van der Waals surface area contributed by atoms with Crippen LogP contribution >= 0.6 is 0 Å². The van der Waals surface area contributed by atoms with Gasteiger partial charge in [0, 0.05) is 24.7 Å². The molecule has 2 aromatic rings. The number of likely N-dealkylation sites (tertiary alicyclic amines) is 1. The van der Waals surface area contributed by atoms with Crippen LogP contribution in [0.15, 0.2) is 49.7 Å². The Morgan fingerprint density at radius 2 is 1.85 bits per heavy atom. The molecule has 1 aliphatic heterocycles. The van der Waals surface area contributed by atoms with Gasteiger partial charge in [-0.2, -0.15) is 0 Å². The first-order valence-corrected chi connectivity index (χ1v) is 13.8. The summed E-state index contributed by atoms with van der Waals surface area (Å²) in [4.78, 5) is 57.0. The first-order valence-electron chi connectivity index (χ1n) is 13.8. The van der Waals surface area contributed by atoms with Crippen LogP contribution in [0.25, 0.3) is 16.8 Å². The fraction of sp³-hybridized carbons (Fsp3) is 0.452. The summed E-state index contributed by atoms with van der Waals surface area (Å²) in [6.07, 6.45) is 5.24. The molecule has 3 amide bonds. The van der Waals surface area contributed by atoms with Crippen LogP contribution in [0.2, 0.25) is 0 Å². The van der Waals surface area contributed by atoms with E-state index in [-0.39, 0.29) is 42.7 Å². The number of carbonyl (C=O) groups is 4. The fourth-order valence-electron chi connectivity index (χ4n) is 4.79. The van der Waals surface area contributed by atoms with Crippen LogP contribution in [0.5, 0.6) is 0 Å². The smallest absolute Gasteiger partial charge is 0.310 e. The number of nitrogens with one attached hydrogen (secondary N) is 2. The number of hydrogen-bond acceptors (Lipinski definition) is 6. The predicted molar refractivity (Wildman–Crippen MR) is 155 cm³/mol. The minimum absolute atomic E-state index is 0.00455. The molecule has 0 saturated carbocycles. The molecule has 9 nitrogen and oxygen atoms in total. The Morgan fingerprint density at radius 1 is 1.10 bits per heavy atom. The first kappa shape index (κ1) is 30.5. The minimum atomic E-state index is -1.02. The minimum Gasteiger partial charge on any atom is -0.452 e. The van der Waals surface area contributed by atoms with Gasteiger partial charge in [0.15, 0.2) is 6.10 Å². The summed E-state index contributed by atoms with van der Waals surface area (Å²) < 4.78 is 5.29. The number of carbonyl (C=O) groups excluding carboxylic acids is 4. The van der Waals surface area contributed by atoms with Crippen LogP contribution < -0.4 is 10.6 Å². The van der Waals surface area contributed by atoms with Crippen molar-refractivity contribution in [3.05, 3.63) is 61.0 Å². The second-order valence-electron chi connectivity index (χ2n) is 10.7. The summed E-state index contributed by atoms with van der Waals surface area (Å²) in [5, 5.41) is 7.80. The zero-order valence-corrected chi connectivity index (χ0v) is 23.8. The van der Waals surface area contributed by atoms with Gasteiger partial charge in [0.05, 0.1) is 24.1 Å². The van der Waals surface area contributed by atoms with Crippen molar-refractivity contribution in [2.24, 2.45) is 11.8 Å². The number of fused-ring (bicyclic) bond motifs is 1. The Balaban J connectivity index is 1.59. The number of ether oxygens (including phenoxy) is 1. The molecule has 1 aromatic carbocycles. The largest absolute Gasteiger partial charge is 0.452 e. The van der Waals surface area contributed by atoms with Gasteiger partial charge in [-0.25, -0.2) is 0 Å². The molecular weight excluding hydrogens is 508 g/mol. The Bertz CT molecular complexity index is 1270. The average molecular weight is 549 g/mol. The van der Waals surface area contributed by atoms with Gasteiger partial charge in [-0.1, -0.05) is 38.6 Å². The molecule has 1 saturated heterocycles. The van der Waals surface area contributed by atoms with Gasteiger partial charge < -0.3 is 20.3 Å². The van der Waals surface area contributed by atoms with Gasteiger partial charge in [-0.15, -0.1) is 6.58 Å². The monoisotopic (exact) mass is 548 g/mol. The topological polar surface area (TPSA) is 118 Å². The van der Waals surface area contributed by atoms with Crippen molar-refractivity contribution in [1.82, 2.24) is 20.5 Å². The fourth-order valence-corrected chi connectivity index (χ4v) is 4.79. The average Bonchev–Trinajstić information content (AvgIpc) is 2.94. The third-order valence-corrected chi connectivity index (χ3v) is 7.10. The highest BCUT2D eigenvalue weighted by Gasteiger charge is 2.33. The number of hydrogen-bond donors (Lipinski definition) is 2. The van der Waals surface area contributed by atoms with Crippen molar-refractivity contribution in [2.75, 3.05) is 13.1 Å². The lowest BCUT2D eigenvalue weighted by molar-refractivity contribution is -0.158. The van der Waals surface area contributed by atoms with Crippen LogP contribution in [0, 0.1) is 11.8 Å². The quantitative estimate of drug-likeness (QED) is 0.324. The van der Waals surface area contributed by atoms with E-state index in [9.17, 15) is 19.2 Å². The van der Waals surface area contributed by atoms with Crippen LogP contribution in [-0.2, 0) is 23.9 Å². The summed E-state index contributed by atoms with van der Waals surface area (Å²) in [6, 6.07) is 6.89. The maximum absolute atomic E-state index is 13.2. The maximum Gasteiger partial charge on any atom is 0.310 e. The third-order valence-electron chi connectivity index (χ3n) is 7.10. The van der Waals surface area contributed by atoms with E-state index in [4.69, 9.17) is 4.74 Å². The standard InChI is InChI=1S/C31H40N4O5/c1-7-10-27(36)40-28(19(3)4)30(38)34-21(6)31(39)35-14-9-11-24(18-35)29(37)33-20(5)22-12-13-23-17-32-26(8-2)16-25(23)15-22/h7-8,12-13,15-17,19-21,24,28H,1-2,9-11,14,18H2,3-6H3,(H,33,37)(H,34,38)/t20-,21+,24-,28+/m1/s1. The van der Waals surface area contributed by atoms with Crippen LogP contribution in [0.4, 0.5) is 0 Å². The molecule has 9 heteroatoms. The van der Waals surface area contributed by atoms with E-state index in [2.05, 4.69) is 28.8 Å². The summed E-state index contributed by atoms with van der Waals surface area (Å²) >= 11 is 0. The zero-order chi connectivity index (χ0) is 29.4. The number of aromatic nitrogens is 1. The van der Waals surface area contributed by atoms with Crippen molar-refractivity contribution in [3.63, 3.8) is 0 Å². The number of benzene rings is 1. The molecule has 0 spiro atoms. The van der Waals surface area contributed by atoms with Gasteiger partial charge in [-0.3, -0.25) is 24.2 Å². The molecule has 1 aliphatic rings. The van der Waals surface area contributed by atoms with Crippen molar-refractivity contribution < 1.29 is 23.9 Å². The molecule has 1 fully saturated rings. The Labute approximate surface area is 236 Å². The molecule has 4 atom stereocenters. The second-order valence-corrected chi connectivity index (χ2v) is 10.7. The van der Waals surface area contributed by atoms with E-state index >= 15 is 0 Å². The van der Waals surface area contributed by atoms with Crippen LogP contribution in [-0.4, -0.2) is 58.8 Å². The van der Waals surface area contributed by atoms with E-state index in [1.807, 2.05) is 31.2 Å². The Hall–Kier alpha value is -4.01. The number of amides is 3. The summed E-state index contributed by atoms with van der Waals surface area (Å²) in [6.45, 7) is 15.1. The Morgan fingerprint density at radius 3 is 2.52 bits per heavy atom. The van der Waals surface area contributed by atoms with Crippen LogP contribution in [0.3, 0.4) is 0 Å². The second kappa shape index (κ2) is 13.9. The summed E-state index contributed by atoms with van der Waals surface area (Å²) in [5.41, 5.74) is 1.75. The lowest BCUT2D eigenvalue weighted by Gasteiger charge is -2.34. The highest BCUT2D eigenvalue weighted by atomic mass is 16.5. The van der Waals surface area contributed by atoms with Crippen molar-refractivity contribution in [3.8, 4) is 0 Å². The number of rotatable bonds is 11. The van der Waals surface area contributed by atoms with Gasteiger partial charge in [0.25, 0.3) is 5.91 Å². The van der Waals surface area contributed by atoms with Crippen molar-refractivity contribution in [1.29, 1.82) is 0 Å². The molecule has 2 N–H and O–H groups in total. The molecule has 214 valence electrons. The Kier molecular flexibility index (Phi) is 10.6. The number of esters is 1. The number of piperidine rings is 1. The first-order chi connectivity index (χ1) is 19.0. The van der Waals surface area contributed by atoms with Gasteiger partial charge >= 0.3 is 5.97 Å². The zero-order valence-electron chi connectivity index (χ0n) is 23.8. The van der Waals surface area contributed by atoms with E-state index in [1.165, 1.54) is 6.08 Å². The van der Waals surface area contributed by atoms with Gasteiger partial charge in [0.2, 0.25) is 11.8 Å². The molecule has 0 aliphatic carbocycles. The van der Waals surface area contributed by atoms with Gasteiger partial charge in [0.1, 0.15) is 6.04 Å². The molecule has 0 unspecified atom stereocenters. The molecular formula is C31H40N4O5. The van der Waals surface area contributed by atoms with Crippen LogP contribution in [0.1, 0.15) is 64.3 Å². The van der Waals surface area contributed by atoms with E-state index in [0.717, 1.165) is 22.0 Å². The molecule has 0 bridgehead atoms. The van der Waals surface area contributed by atoms with Crippen molar-refractivity contribution in [2.45, 2.75) is 65.1 Å². The molecule has 1 aromatic heterocycles. The molecule has 40 heavy (non-hydrogen) atoms. The SMILES string of the molecule is C=CCC(=O)O[C@H](C(=O)N[C@@H](C)C(=O)N1CCC[C@@H](C(=O)N[C@H](C)c2ccc3cnc(C=C)cc3c2)C1)C(C)C. The highest BCUT2D eigenvalue weighted by Crippen LogP contribution is 2.23. The maximum atomic E-state index is 13.2.